The van der Waals surface area contributed by atoms with Gasteiger partial charge in [-0.05, 0) is 46.7 Å². The summed E-state index contributed by atoms with van der Waals surface area (Å²) >= 11 is 2.00. The molecule has 1 aromatic carbocycles. The fraction of sp³-hybridized carbons (Fsp3) is 0.273. The minimum Gasteiger partial charge on any atom is -0.388 e. The van der Waals surface area contributed by atoms with E-state index >= 15 is 0 Å². The fourth-order valence-corrected chi connectivity index (χ4v) is 1.98. The predicted molar refractivity (Wildman–Crippen MR) is 62.1 cm³/mol. The van der Waals surface area contributed by atoms with Gasteiger partial charge in [-0.25, -0.2) is 4.39 Å². The molecule has 0 aliphatic rings. The lowest BCUT2D eigenvalue weighted by Gasteiger charge is -2.11. The van der Waals surface area contributed by atoms with Gasteiger partial charge in [-0.3, -0.25) is 0 Å². The van der Waals surface area contributed by atoms with Gasteiger partial charge in [0.25, 0.3) is 0 Å². The molecule has 0 heterocycles. The molecule has 14 heavy (non-hydrogen) atoms. The Kier molecular flexibility index (Phi) is 4.36. The number of halogens is 2. The molecule has 0 amide bonds. The number of aliphatic hydroxyl groups excluding tert-OH is 1. The molecule has 0 aliphatic carbocycles. The van der Waals surface area contributed by atoms with Crippen LogP contribution in [0.5, 0.6) is 0 Å². The van der Waals surface area contributed by atoms with Gasteiger partial charge in [-0.2, -0.15) is 0 Å². The second-order valence-electron chi connectivity index (χ2n) is 2.92. The molecule has 0 saturated heterocycles. The molecule has 0 radical (unpaired) electrons. The summed E-state index contributed by atoms with van der Waals surface area (Å²) in [6.07, 6.45) is 5.53. The summed E-state index contributed by atoms with van der Waals surface area (Å²) in [7, 11) is 0. The number of hydrogen-bond acceptors (Lipinski definition) is 1. The normalized spacial score (nSPS) is 12.1. The Morgan fingerprint density at radius 2 is 2.29 bits per heavy atom. The molecular formula is C11H10FIO. The first-order chi connectivity index (χ1) is 6.65. The summed E-state index contributed by atoms with van der Waals surface area (Å²) in [4.78, 5) is 0. The van der Waals surface area contributed by atoms with Crippen LogP contribution in [0.2, 0.25) is 0 Å². The van der Waals surface area contributed by atoms with Gasteiger partial charge in [0.1, 0.15) is 5.82 Å². The highest BCUT2D eigenvalue weighted by Crippen LogP contribution is 2.24. The van der Waals surface area contributed by atoms with Crippen molar-refractivity contribution in [3.63, 3.8) is 0 Å². The predicted octanol–water partition coefficient (Wildman–Crippen LogP) is 2.88. The minimum absolute atomic E-state index is 0.290. The van der Waals surface area contributed by atoms with Crippen molar-refractivity contribution >= 4 is 22.6 Å². The molecule has 1 unspecified atom stereocenters. The summed E-state index contributed by atoms with van der Waals surface area (Å²) in [6, 6.07) is 4.34. The van der Waals surface area contributed by atoms with E-state index in [1.807, 2.05) is 22.6 Å². The van der Waals surface area contributed by atoms with E-state index in [0.717, 1.165) is 9.13 Å². The zero-order valence-electron chi connectivity index (χ0n) is 7.50. The van der Waals surface area contributed by atoms with Crippen molar-refractivity contribution in [2.24, 2.45) is 0 Å². The monoisotopic (exact) mass is 304 g/mol. The van der Waals surface area contributed by atoms with Gasteiger partial charge in [0.2, 0.25) is 0 Å². The second-order valence-corrected chi connectivity index (χ2v) is 4.09. The van der Waals surface area contributed by atoms with Gasteiger partial charge in [-0.1, -0.05) is 6.07 Å². The molecule has 0 bridgehead atoms. The van der Waals surface area contributed by atoms with Crippen LogP contribution in [0.1, 0.15) is 24.5 Å². The highest BCUT2D eigenvalue weighted by molar-refractivity contribution is 14.1. The van der Waals surface area contributed by atoms with E-state index in [-0.39, 0.29) is 5.82 Å². The molecule has 0 fully saturated rings. The lowest BCUT2D eigenvalue weighted by Crippen LogP contribution is -2.00. The van der Waals surface area contributed by atoms with Crippen LogP contribution in [0.3, 0.4) is 0 Å². The van der Waals surface area contributed by atoms with Gasteiger partial charge >= 0.3 is 0 Å². The highest BCUT2D eigenvalue weighted by atomic mass is 127. The first-order valence-corrected chi connectivity index (χ1v) is 5.29. The third-order valence-electron chi connectivity index (χ3n) is 1.88. The second kappa shape index (κ2) is 5.32. The number of terminal acetylenes is 1. The van der Waals surface area contributed by atoms with Crippen molar-refractivity contribution in [2.75, 3.05) is 0 Å². The van der Waals surface area contributed by atoms with Crippen molar-refractivity contribution < 1.29 is 9.50 Å². The van der Waals surface area contributed by atoms with Crippen LogP contribution in [-0.4, -0.2) is 5.11 Å². The third kappa shape index (κ3) is 2.96. The van der Waals surface area contributed by atoms with E-state index in [1.54, 1.807) is 6.07 Å². The average molecular weight is 304 g/mol. The highest BCUT2D eigenvalue weighted by Gasteiger charge is 2.10. The van der Waals surface area contributed by atoms with Crippen LogP contribution >= 0.6 is 22.6 Å². The van der Waals surface area contributed by atoms with Gasteiger partial charge in [0, 0.05) is 9.99 Å². The van der Waals surface area contributed by atoms with Gasteiger partial charge in [0.15, 0.2) is 0 Å². The summed E-state index contributed by atoms with van der Waals surface area (Å²) in [6.45, 7) is 0. The molecule has 1 nitrogen and oxygen atoms in total. The molecule has 1 aromatic rings. The summed E-state index contributed by atoms with van der Waals surface area (Å²) in [5.41, 5.74) is 0.738. The molecule has 1 rings (SSSR count). The molecule has 3 heteroatoms. The van der Waals surface area contributed by atoms with Gasteiger partial charge < -0.3 is 5.11 Å². The van der Waals surface area contributed by atoms with Crippen molar-refractivity contribution in [2.45, 2.75) is 18.9 Å². The number of rotatable bonds is 3. The van der Waals surface area contributed by atoms with Crippen LogP contribution in [0.4, 0.5) is 4.39 Å². The maximum absolute atomic E-state index is 12.7. The van der Waals surface area contributed by atoms with E-state index < -0.39 is 6.10 Å². The lowest BCUT2D eigenvalue weighted by molar-refractivity contribution is 0.168. The van der Waals surface area contributed by atoms with E-state index in [0.29, 0.717) is 12.8 Å². The number of benzene rings is 1. The van der Waals surface area contributed by atoms with Gasteiger partial charge in [-0.15, -0.1) is 12.3 Å². The Morgan fingerprint density at radius 3 is 2.86 bits per heavy atom. The number of aliphatic hydroxyl groups is 1. The molecule has 0 spiro atoms. The van der Waals surface area contributed by atoms with Crippen LogP contribution in [0.15, 0.2) is 18.2 Å². The largest absolute Gasteiger partial charge is 0.388 e. The van der Waals surface area contributed by atoms with Gasteiger partial charge in [0.05, 0.1) is 6.10 Å². The molecule has 0 aliphatic heterocycles. The van der Waals surface area contributed by atoms with Crippen molar-refractivity contribution in [1.82, 2.24) is 0 Å². The molecule has 1 atom stereocenters. The van der Waals surface area contributed by atoms with E-state index in [4.69, 9.17) is 6.42 Å². The summed E-state index contributed by atoms with van der Waals surface area (Å²) in [5, 5.41) is 9.70. The van der Waals surface area contributed by atoms with E-state index in [9.17, 15) is 9.50 Å². The van der Waals surface area contributed by atoms with Crippen molar-refractivity contribution in [1.29, 1.82) is 0 Å². The van der Waals surface area contributed by atoms with Crippen LogP contribution < -0.4 is 0 Å². The topological polar surface area (TPSA) is 20.2 Å². The zero-order chi connectivity index (χ0) is 10.6. The zero-order valence-corrected chi connectivity index (χ0v) is 9.66. The molecular weight excluding hydrogens is 294 g/mol. The Hall–Kier alpha value is -0.600. The Balaban J connectivity index is 2.80. The first kappa shape index (κ1) is 11.5. The maximum atomic E-state index is 12.7. The SMILES string of the molecule is C#CCCC(O)c1ccc(F)cc1I. The number of hydrogen-bond donors (Lipinski definition) is 1. The lowest BCUT2D eigenvalue weighted by atomic mass is 10.1. The molecule has 0 saturated carbocycles. The van der Waals surface area contributed by atoms with E-state index in [1.165, 1.54) is 12.1 Å². The van der Waals surface area contributed by atoms with Crippen LogP contribution in [0.25, 0.3) is 0 Å². The summed E-state index contributed by atoms with van der Waals surface area (Å²) < 4.78 is 13.5. The average Bonchev–Trinajstić information content (AvgIpc) is 2.14. The molecule has 0 aromatic heterocycles. The summed E-state index contributed by atoms with van der Waals surface area (Å²) in [5.74, 6) is 2.17. The standard InChI is InChI=1S/C11H10FIO/c1-2-3-4-11(14)9-6-5-8(12)7-10(9)13/h1,5-7,11,14H,3-4H2. The molecule has 1 N–H and O–H groups in total. The van der Waals surface area contributed by atoms with E-state index in [2.05, 4.69) is 5.92 Å². The van der Waals surface area contributed by atoms with Crippen LogP contribution in [-0.2, 0) is 0 Å². The maximum Gasteiger partial charge on any atom is 0.124 e. The Morgan fingerprint density at radius 1 is 1.57 bits per heavy atom. The molecule has 74 valence electrons. The fourth-order valence-electron chi connectivity index (χ4n) is 1.15. The Labute approximate surface area is 96.5 Å². The first-order valence-electron chi connectivity index (χ1n) is 4.21. The quantitative estimate of drug-likeness (QED) is 0.672. The van der Waals surface area contributed by atoms with Crippen LogP contribution in [0, 0.1) is 21.7 Å². The minimum atomic E-state index is -0.599. The van der Waals surface area contributed by atoms with Crippen molar-refractivity contribution in [3.8, 4) is 12.3 Å². The third-order valence-corrected chi connectivity index (χ3v) is 2.82. The van der Waals surface area contributed by atoms with Crippen molar-refractivity contribution in [3.05, 3.63) is 33.1 Å². The Bertz CT molecular complexity index is 357. The smallest absolute Gasteiger partial charge is 0.124 e.